The van der Waals surface area contributed by atoms with Gasteiger partial charge in [0.1, 0.15) is 0 Å². The standard InChI is InChI=1S/C12H17N/c1-3-4-10-5-6-11-8-13(2)9-12(11)7-10/h5-7H,3-4,8-9H2,1-2H3. The van der Waals surface area contributed by atoms with Crippen molar-refractivity contribution >= 4 is 0 Å². The molecule has 0 radical (unpaired) electrons. The van der Waals surface area contributed by atoms with Gasteiger partial charge in [0, 0.05) is 13.1 Å². The third-order valence-electron chi connectivity index (χ3n) is 2.69. The Kier molecular flexibility index (Phi) is 2.36. The van der Waals surface area contributed by atoms with Crippen LogP contribution in [0.2, 0.25) is 0 Å². The minimum absolute atomic E-state index is 1.13. The molecule has 0 saturated heterocycles. The highest BCUT2D eigenvalue weighted by Gasteiger charge is 2.14. The molecule has 0 spiro atoms. The first-order valence-electron chi connectivity index (χ1n) is 5.09. The molecule has 0 amide bonds. The largest absolute Gasteiger partial charge is 0.298 e. The maximum absolute atomic E-state index is 2.38. The number of aryl methyl sites for hydroxylation is 1. The van der Waals surface area contributed by atoms with Crippen LogP contribution in [0.5, 0.6) is 0 Å². The van der Waals surface area contributed by atoms with Crippen molar-refractivity contribution in [3.05, 3.63) is 34.9 Å². The molecule has 0 N–H and O–H groups in total. The van der Waals surface area contributed by atoms with Gasteiger partial charge in [-0.2, -0.15) is 0 Å². The summed E-state index contributed by atoms with van der Waals surface area (Å²) < 4.78 is 0. The molecule has 1 aliphatic rings. The van der Waals surface area contributed by atoms with E-state index in [0.717, 1.165) is 13.1 Å². The van der Waals surface area contributed by atoms with Crippen LogP contribution in [-0.4, -0.2) is 11.9 Å². The number of fused-ring (bicyclic) bond motifs is 1. The third kappa shape index (κ3) is 1.75. The zero-order valence-corrected chi connectivity index (χ0v) is 8.51. The smallest absolute Gasteiger partial charge is 0.0237 e. The molecule has 13 heavy (non-hydrogen) atoms. The van der Waals surface area contributed by atoms with Crippen molar-refractivity contribution in [1.29, 1.82) is 0 Å². The van der Waals surface area contributed by atoms with E-state index >= 15 is 0 Å². The summed E-state index contributed by atoms with van der Waals surface area (Å²) in [5.41, 5.74) is 4.55. The highest BCUT2D eigenvalue weighted by Crippen LogP contribution is 2.22. The predicted molar refractivity (Wildman–Crippen MR) is 55.6 cm³/mol. The summed E-state index contributed by atoms with van der Waals surface area (Å²) >= 11 is 0. The second kappa shape index (κ2) is 3.51. The Bertz CT molecular complexity index is 304. The lowest BCUT2D eigenvalue weighted by Gasteiger charge is -2.03. The summed E-state index contributed by atoms with van der Waals surface area (Å²) in [4.78, 5) is 2.36. The Morgan fingerprint density at radius 3 is 2.77 bits per heavy atom. The molecule has 1 aliphatic heterocycles. The average molecular weight is 175 g/mol. The summed E-state index contributed by atoms with van der Waals surface area (Å²) in [5, 5.41) is 0. The van der Waals surface area contributed by atoms with Gasteiger partial charge in [-0.25, -0.2) is 0 Å². The molecule has 0 bridgehead atoms. The van der Waals surface area contributed by atoms with Crippen molar-refractivity contribution in [3.63, 3.8) is 0 Å². The van der Waals surface area contributed by atoms with Crippen LogP contribution in [0.25, 0.3) is 0 Å². The van der Waals surface area contributed by atoms with Crippen LogP contribution in [0, 0.1) is 0 Å². The lowest BCUT2D eigenvalue weighted by atomic mass is 10.0. The Morgan fingerprint density at radius 2 is 2.00 bits per heavy atom. The topological polar surface area (TPSA) is 3.24 Å². The van der Waals surface area contributed by atoms with Gasteiger partial charge >= 0.3 is 0 Å². The quantitative estimate of drug-likeness (QED) is 0.667. The maximum atomic E-state index is 2.38. The Hall–Kier alpha value is -0.820. The van der Waals surface area contributed by atoms with E-state index in [9.17, 15) is 0 Å². The lowest BCUT2D eigenvalue weighted by Crippen LogP contribution is -2.07. The van der Waals surface area contributed by atoms with Gasteiger partial charge in [0.2, 0.25) is 0 Å². The highest BCUT2D eigenvalue weighted by molar-refractivity contribution is 5.34. The zero-order chi connectivity index (χ0) is 9.26. The fraction of sp³-hybridized carbons (Fsp3) is 0.500. The fourth-order valence-electron chi connectivity index (χ4n) is 2.06. The molecule has 1 heterocycles. The van der Waals surface area contributed by atoms with E-state index in [-0.39, 0.29) is 0 Å². The van der Waals surface area contributed by atoms with Crippen molar-refractivity contribution in [1.82, 2.24) is 4.90 Å². The first kappa shape index (κ1) is 8.76. The minimum atomic E-state index is 1.13. The van der Waals surface area contributed by atoms with Gasteiger partial charge in [0.25, 0.3) is 0 Å². The van der Waals surface area contributed by atoms with Crippen LogP contribution in [0.3, 0.4) is 0 Å². The van der Waals surface area contributed by atoms with Crippen molar-refractivity contribution < 1.29 is 0 Å². The van der Waals surface area contributed by atoms with E-state index in [4.69, 9.17) is 0 Å². The first-order chi connectivity index (χ1) is 6.29. The van der Waals surface area contributed by atoms with Crippen LogP contribution in [0.4, 0.5) is 0 Å². The van der Waals surface area contributed by atoms with Gasteiger partial charge in [0.05, 0.1) is 0 Å². The number of hydrogen-bond acceptors (Lipinski definition) is 1. The second-order valence-electron chi connectivity index (χ2n) is 4.03. The molecule has 0 atom stereocenters. The number of rotatable bonds is 2. The molecule has 0 fully saturated rings. The maximum Gasteiger partial charge on any atom is 0.0237 e. The molecule has 0 saturated carbocycles. The molecule has 70 valence electrons. The number of benzene rings is 1. The SMILES string of the molecule is CCCc1ccc2c(c1)CN(C)C2. The van der Waals surface area contributed by atoms with Crippen molar-refractivity contribution in [3.8, 4) is 0 Å². The molecule has 1 nitrogen and oxygen atoms in total. The van der Waals surface area contributed by atoms with Crippen LogP contribution in [-0.2, 0) is 19.5 Å². The summed E-state index contributed by atoms with van der Waals surface area (Å²) in [5.74, 6) is 0. The van der Waals surface area contributed by atoms with Crippen LogP contribution >= 0.6 is 0 Å². The fourth-order valence-corrected chi connectivity index (χ4v) is 2.06. The van der Waals surface area contributed by atoms with Gasteiger partial charge in [-0.3, -0.25) is 4.90 Å². The van der Waals surface area contributed by atoms with Gasteiger partial charge in [0.15, 0.2) is 0 Å². The van der Waals surface area contributed by atoms with E-state index in [1.165, 1.54) is 29.5 Å². The van der Waals surface area contributed by atoms with Crippen molar-refractivity contribution in [2.45, 2.75) is 32.9 Å². The summed E-state index contributed by atoms with van der Waals surface area (Å²) in [6.07, 6.45) is 2.46. The summed E-state index contributed by atoms with van der Waals surface area (Å²) in [6.45, 7) is 4.49. The third-order valence-corrected chi connectivity index (χ3v) is 2.69. The molecule has 0 unspecified atom stereocenters. The molecule has 1 heteroatoms. The Morgan fingerprint density at radius 1 is 1.23 bits per heavy atom. The highest BCUT2D eigenvalue weighted by atomic mass is 15.1. The van der Waals surface area contributed by atoms with Gasteiger partial charge in [-0.05, 0) is 30.2 Å². The van der Waals surface area contributed by atoms with E-state index < -0.39 is 0 Å². The molecule has 1 aromatic carbocycles. The van der Waals surface area contributed by atoms with Crippen LogP contribution < -0.4 is 0 Å². The second-order valence-corrected chi connectivity index (χ2v) is 4.03. The van der Waals surface area contributed by atoms with Crippen LogP contribution in [0.15, 0.2) is 18.2 Å². The Labute approximate surface area is 80.4 Å². The normalized spacial score (nSPS) is 16.2. The summed E-state index contributed by atoms with van der Waals surface area (Å²) in [7, 11) is 2.18. The molecule has 2 rings (SSSR count). The molecular formula is C12H17N. The van der Waals surface area contributed by atoms with Crippen LogP contribution in [0.1, 0.15) is 30.0 Å². The van der Waals surface area contributed by atoms with Gasteiger partial charge in [-0.15, -0.1) is 0 Å². The lowest BCUT2D eigenvalue weighted by molar-refractivity contribution is 0.353. The zero-order valence-electron chi connectivity index (χ0n) is 8.51. The summed E-state index contributed by atoms with van der Waals surface area (Å²) in [6, 6.07) is 6.95. The molecule has 0 aliphatic carbocycles. The van der Waals surface area contributed by atoms with Crippen molar-refractivity contribution in [2.75, 3.05) is 7.05 Å². The minimum Gasteiger partial charge on any atom is -0.298 e. The predicted octanol–water partition coefficient (Wildman–Crippen LogP) is 2.58. The van der Waals surface area contributed by atoms with E-state index in [2.05, 4.69) is 37.1 Å². The van der Waals surface area contributed by atoms with E-state index in [0.29, 0.717) is 0 Å². The molecular weight excluding hydrogens is 158 g/mol. The van der Waals surface area contributed by atoms with Gasteiger partial charge < -0.3 is 0 Å². The van der Waals surface area contributed by atoms with E-state index in [1.54, 1.807) is 0 Å². The van der Waals surface area contributed by atoms with Gasteiger partial charge in [-0.1, -0.05) is 31.5 Å². The van der Waals surface area contributed by atoms with E-state index in [1.807, 2.05) is 0 Å². The number of nitrogens with zero attached hydrogens (tertiary/aromatic N) is 1. The number of hydrogen-bond donors (Lipinski definition) is 0. The first-order valence-corrected chi connectivity index (χ1v) is 5.09. The average Bonchev–Trinajstić information content (AvgIpc) is 2.44. The van der Waals surface area contributed by atoms with Crippen molar-refractivity contribution in [2.24, 2.45) is 0 Å². The monoisotopic (exact) mass is 175 g/mol. The Balaban J connectivity index is 2.24. The molecule has 0 aromatic heterocycles. The molecule has 1 aromatic rings.